The highest BCUT2D eigenvalue weighted by Crippen LogP contribution is 2.27. The van der Waals surface area contributed by atoms with Crippen LogP contribution in [0.3, 0.4) is 0 Å². The van der Waals surface area contributed by atoms with E-state index in [0.717, 1.165) is 46.6 Å². The van der Waals surface area contributed by atoms with Crippen LogP contribution in [0.5, 0.6) is 5.75 Å². The van der Waals surface area contributed by atoms with Crippen molar-refractivity contribution in [2.24, 2.45) is 4.99 Å². The van der Waals surface area contributed by atoms with Gasteiger partial charge < -0.3 is 4.74 Å². The van der Waals surface area contributed by atoms with Gasteiger partial charge in [-0.2, -0.15) is 0 Å². The summed E-state index contributed by atoms with van der Waals surface area (Å²) < 4.78 is 7.72. The van der Waals surface area contributed by atoms with E-state index in [-0.39, 0.29) is 5.91 Å². The Balaban J connectivity index is 1.05. The maximum atomic E-state index is 13.8. The zero-order chi connectivity index (χ0) is 34.1. The quantitative estimate of drug-likeness (QED) is 0.0846. The molecular formula is C41H56N6O2. The number of hydrogen-bond donors (Lipinski definition) is 1. The van der Waals surface area contributed by atoms with E-state index in [0.29, 0.717) is 12.4 Å². The second-order valence-electron chi connectivity index (χ2n) is 13.5. The van der Waals surface area contributed by atoms with E-state index in [1.807, 2.05) is 79.7 Å². The molecule has 1 saturated heterocycles. The average Bonchev–Trinajstić information content (AvgIpc) is 3.67. The Labute approximate surface area is 293 Å². The normalized spacial score (nSPS) is 15.4. The molecule has 1 unspecified atom stereocenters. The number of hydrogen-bond acceptors (Lipinski definition) is 5. The summed E-state index contributed by atoms with van der Waals surface area (Å²) in [5.74, 6) is 1.21. The van der Waals surface area contributed by atoms with Crippen LogP contribution in [0.2, 0.25) is 0 Å². The Hall–Kier alpha value is -4.20. The zero-order valence-corrected chi connectivity index (χ0v) is 29.8. The van der Waals surface area contributed by atoms with Crippen molar-refractivity contribution in [1.82, 2.24) is 25.4 Å². The highest BCUT2D eigenvalue weighted by atomic mass is 16.5. The Morgan fingerprint density at radius 2 is 1.35 bits per heavy atom. The van der Waals surface area contributed by atoms with Gasteiger partial charge in [-0.25, -0.2) is 14.7 Å². The Morgan fingerprint density at radius 3 is 1.98 bits per heavy atom. The van der Waals surface area contributed by atoms with Gasteiger partial charge in [0, 0.05) is 0 Å². The summed E-state index contributed by atoms with van der Waals surface area (Å²) in [6.07, 6.45) is 21.8. The number of unbranched alkanes of at least 4 members (excludes halogenated alkanes) is 15. The standard InChI is InChI=1S/C41H56N6O2/c1-3-4-5-6-7-8-9-10-11-12-13-14-15-16-17-21-31-49-36-29-27-35(28-30-36)42-40-39(47-37-26-22-23-33(2)38(37)43-45-47)41(48)46(44-40)32-34-24-19-18-20-25-34/h18-20,22-30,39H,3-17,21,31-32H2,1-2H3,(H,42,44). The molecule has 0 saturated carbocycles. The number of hydrazine groups is 1. The van der Waals surface area contributed by atoms with E-state index in [1.54, 1.807) is 9.69 Å². The van der Waals surface area contributed by atoms with Gasteiger partial charge in [0.05, 0.1) is 24.4 Å². The number of fused-ring (bicyclic) bond motifs is 1. The predicted molar refractivity (Wildman–Crippen MR) is 200 cm³/mol. The number of amidine groups is 1. The van der Waals surface area contributed by atoms with Crippen LogP contribution in [0, 0.1) is 6.92 Å². The van der Waals surface area contributed by atoms with Crippen LogP contribution in [0.25, 0.3) is 11.0 Å². The third kappa shape index (κ3) is 10.9. The summed E-state index contributed by atoms with van der Waals surface area (Å²) in [7, 11) is 0. The van der Waals surface area contributed by atoms with Crippen LogP contribution in [-0.4, -0.2) is 38.4 Å². The number of ether oxygens (including phenoxy) is 1. The summed E-state index contributed by atoms with van der Waals surface area (Å²) >= 11 is 0. The number of benzene rings is 3. The SMILES string of the molecule is CCCCCCCCCCCCCCCCCCOc1ccc(N=C2NN(Cc3ccccc3)C(=O)C2n2nnc3c(C)cccc32)cc1. The van der Waals surface area contributed by atoms with Gasteiger partial charge >= 0.3 is 0 Å². The van der Waals surface area contributed by atoms with Crippen molar-refractivity contribution in [2.45, 2.75) is 129 Å². The van der Waals surface area contributed by atoms with E-state index in [9.17, 15) is 4.79 Å². The van der Waals surface area contributed by atoms with Gasteiger partial charge in [0.15, 0.2) is 11.9 Å². The summed E-state index contributed by atoms with van der Waals surface area (Å²) in [5.41, 5.74) is 7.62. The lowest BCUT2D eigenvalue weighted by atomic mass is 10.0. The largest absolute Gasteiger partial charge is 0.494 e. The highest BCUT2D eigenvalue weighted by Gasteiger charge is 2.40. The summed E-state index contributed by atoms with van der Waals surface area (Å²) in [6, 6.07) is 22.8. The number of amides is 1. The number of nitrogens with zero attached hydrogens (tertiary/aromatic N) is 5. The molecule has 0 aliphatic carbocycles. The van der Waals surface area contributed by atoms with Crippen LogP contribution in [0.4, 0.5) is 5.69 Å². The van der Waals surface area contributed by atoms with E-state index in [4.69, 9.17) is 9.73 Å². The molecule has 0 radical (unpaired) electrons. The van der Waals surface area contributed by atoms with Crippen molar-refractivity contribution in [2.75, 3.05) is 6.61 Å². The molecule has 1 amide bonds. The van der Waals surface area contributed by atoms with E-state index in [2.05, 4.69) is 22.7 Å². The first-order chi connectivity index (χ1) is 24.1. The van der Waals surface area contributed by atoms with Crippen LogP contribution >= 0.6 is 0 Å². The molecule has 1 aliphatic rings. The molecular weight excluding hydrogens is 608 g/mol. The second kappa shape index (κ2) is 19.7. The fraction of sp³-hybridized carbons (Fsp3) is 0.512. The molecule has 1 aromatic heterocycles. The monoisotopic (exact) mass is 664 g/mol. The molecule has 3 aromatic carbocycles. The first kappa shape index (κ1) is 36.1. The van der Waals surface area contributed by atoms with E-state index >= 15 is 0 Å². The topological polar surface area (TPSA) is 84.6 Å². The Bertz CT molecular complexity index is 1580. The van der Waals surface area contributed by atoms with Crippen LogP contribution in [0.1, 0.15) is 127 Å². The minimum atomic E-state index is -0.749. The molecule has 262 valence electrons. The number of rotatable bonds is 22. The third-order valence-corrected chi connectivity index (χ3v) is 9.49. The number of aromatic nitrogens is 3. The maximum Gasteiger partial charge on any atom is 0.274 e. The van der Waals surface area contributed by atoms with Crippen molar-refractivity contribution in [3.63, 3.8) is 0 Å². The zero-order valence-electron chi connectivity index (χ0n) is 29.8. The van der Waals surface area contributed by atoms with E-state index in [1.165, 1.54) is 96.3 Å². The molecule has 0 spiro atoms. The smallest absolute Gasteiger partial charge is 0.274 e. The molecule has 2 heterocycles. The van der Waals surface area contributed by atoms with Gasteiger partial charge in [-0.3, -0.25) is 10.2 Å². The predicted octanol–water partition coefficient (Wildman–Crippen LogP) is 10.2. The molecule has 1 fully saturated rings. The van der Waals surface area contributed by atoms with Crippen LogP contribution in [0.15, 0.2) is 77.8 Å². The van der Waals surface area contributed by atoms with Crippen molar-refractivity contribution >= 4 is 28.5 Å². The van der Waals surface area contributed by atoms with Gasteiger partial charge in [-0.05, 0) is 54.8 Å². The first-order valence-electron chi connectivity index (χ1n) is 18.9. The minimum absolute atomic E-state index is 0.130. The van der Waals surface area contributed by atoms with Crippen molar-refractivity contribution in [3.05, 3.63) is 83.9 Å². The lowest BCUT2D eigenvalue weighted by Crippen LogP contribution is -2.35. The molecule has 5 rings (SSSR count). The Morgan fingerprint density at radius 1 is 0.735 bits per heavy atom. The lowest BCUT2D eigenvalue weighted by molar-refractivity contribution is -0.132. The van der Waals surface area contributed by atoms with Gasteiger partial charge in [0.1, 0.15) is 11.3 Å². The number of aryl methyl sites for hydroxylation is 1. The maximum absolute atomic E-state index is 13.8. The van der Waals surface area contributed by atoms with E-state index < -0.39 is 6.04 Å². The highest BCUT2D eigenvalue weighted by molar-refractivity contribution is 6.11. The van der Waals surface area contributed by atoms with Crippen LogP contribution < -0.4 is 10.2 Å². The molecule has 49 heavy (non-hydrogen) atoms. The van der Waals surface area contributed by atoms with Gasteiger partial charge in [0.2, 0.25) is 0 Å². The molecule has 1 N–H and O–H groups in total. The molecule has 8 heteroatoms. The van der Waals surface area contributed by atoms with Crippen molar-refractivity contribution in [1.29, 1.82) is 0 Å². The number of carbonyl (C=O) groups excluding carboxylic acids is 1. The minimum Gasteiger partial charge on any atom is -0.494 e. The third-order valence-electron chi connectivity index (χ3n) is 9.49. The van der Waals surface area contributed by atoms with Gasteiger partial charge in [-0.1, -0.05) is 151 Å². The summed E-state index contributed by atoms with van der Waals surface area (Å²) in [6.45, 7) is 5.41. The first-order valence-corrected chi connectivity index (χ1v) is 18.9. The van der Waals surface area contributed by atoms with Crippen molar-refractivity contribution < 1.29 is 9.53 Å². The average molecular weight is 665 g/mol. The second-order valence-corrected chi connectivity index (χ2v) is 13.5. The fourth-order valence-electron chi connectivity index (χ4n) is 6.60. The number of nitrogens with one attached hydrogen (secondary N) is 1. The lowest BCUT2D eigenvalue weighted by Gasteiger charge is -2.15. The van der Waals surface area contributed by atoms with Gasteiger partial charge in [0.25, 0.3) is 5.91 Å². The molecule has 0 bridgehead atoms. The molecule has 1 atom stereocenters. The Kier molecular flexibility index (Phi) is 14.5. The van der Waals surface area contributed by atoms with Gasteiger partial charge in [-0.15, -0.1) is 5.10 Å². The molecule has 1 aliphatic heterocycles. The molecule has 4 aromatic rings. The number of carbonyl (C=O) groups is 1. The summed E-state index contributed by atoms with van der Waals surface area (Å²) in [4.78, 5) is 18.7. The molecule has 8 nitrogen and oxygen atoms in total. The van der Waals surface area contributed by atoms with Crippen molar-refractivity contribution in [3.8, 4) is 5.75 Å². The fourth-order valence-corrected chi connectivity index (χ4v) is 6.60. The summed E-state index contributed by atoms with van der Waals surface area (Å²) in [5, 5.41) is 10.4. The number of aliphatic imine (C=N–C) groups is 1. The van der Waals surface area contributed by atoms with Crippen LogP contribution in [-0.2, 0) is 11.3 Å².